The second-order valence-corrected chi connectivity index (χ2v) is 8.97. The molecule has 5 unspecified atom stereocenters. The number of aliphatic carboxylic acids is 1. The van der Waals surface area contributed by atoms with Gasteiger partial charge in [0.05, 0.1) is 12.1 Å². The Kier molecular flexibility index (Phi) is 12.6. The van der Waals surface area contributed by atoms with Gasteiger partial charge in [-0.2, -0.15) is 11.8 Å². The number of nitrogens with two attached hydrogens (primary N) is 2. The van der Waals surface area contributed by atoms with Gasteiger partial charge in [0.1, 0.15) is 18.1 Å². The van der Waals surface area contributed by atoms with E-state index in [1.807, 2.05) is 6.26 Å². The number of rotatable bonds is 14. The van der Waals surface area contributed by atoms with Crippen LogP contribution in [-0.4, -0.2) is 94.2 Å². The number of nitrogens with one attached hydrogen (secondary N) is 2. The van der Waals surface area contributed by atoms with Crippen molar-refractivity contribution in [3.8, 4) is 0 Å². The topological polar surface area (TPSA) is 188 Å². The zero-order valence-corrected chi connectivity index (χ0v) is 19.6. The van der Waals surface area contributed by atoms with Crippen molar-refractivity contribution in [3.05, 3.63) is 0 Å². The standard InChI is InChI=1S/C20H37N5O6S/c1-12(26)16(24-17(27)13(22)6-3-4-9-21)19(29)25-10-5-7-15(25)18(28)23-14(20(30)31)8-11-32-2/h12-16,26H,3-11,21-22H2,1-2H3,(H,23,28)(H,24,27)(H,30,31). The lowest BCUT2D eigenvalue weighted by Crippen LogP contribution is -2.59. The van der Waals surface area contributed by atoms with Gasteiger partial charge >= 0.3 is 5.97 Å². The summed E-state index contributed by atoms with van der Waals surface area (Å²) < 4.78 is 0. The Morgan fingerprint density at radius 1 is 1.19 bits per heavy atom. The quantitative estimate of drug-likeness (QED) is 0.165. The number of unbranched alkanes of at least 4 members (excludes halogenated alkanes) is 1. The van der Waals surface area contributed by atoms with E-state index < -0.39 is 54.0 Å². The van der Waals surface area contributed by atoms with E-state index >= 15 is 0 Å². The van der Waals surface area contributed by atoms with Crippen LogP contribution >= 0.6 is 11.8 Å². The van der Waals surface area contributed by atoms with Gasteiger partial charge in [0.15, 0.2) is 0 Å². The summed E-state index contributed by atoms with van der Waals surface area (Å²) in [5.41, 5.74) is 11.3. The van der Waals surface area contributed by atoms with E-state index in [2.05, 4.69) is 10.6 Å². The van der Waals surface area contributed by atoms with Crippen LogP contribution in [0.4, 0.5) is 0 Å². The lowest BCUT2D eigenvalue weighted by atomic mass is 10.1. The van der Waals surface area contributed by atoms with Crippen LogP contribution in [0.15, 0.2) is 0 Å². The van der Waals surface area contributed by atoms with Gasteiger partial charge in [0.25, 0.3) is 0 Å². The maximum Gasteiger partial charge on any atom is 0.326 e. The number of aliphatic hydroxyl groups excluding tert-OH is 1. The predicted octanol–water partition coefficient (Wildman–Crippen LogP) is -1.38. The van der Waals surface area contributed by atoms with E-state index in [-0.39, 0.29) is 13.0 Å². The molecule has 0 spiro atoms. The lowest BCUT2D eigenvalue weighted by molar-refractivity contribution is -0.146. The lowest BCUT2D eigenvalue weighted by Gasteiger charge is -2.31. The van der Waals surface area contributed by atoms with Gasteiger partial charge in [0, 0.05) is 6.54 Å². The van der Waals surface area contributed by atoms with Crippen LogP contribution in [0.2, 0.25) is 0 Å². The average molecular weight is 476 g/mol. The van der Waals surface area contributed by atoms with Crippen molar-refractivity contribution in [2.75, 3.05) is 25.1 Å². The Hall–Kier alpha value is -1.89. The van der Waals surface area contributed by atoms with E-state index in [0.717, 1.165) is 6.42 Å². The number of hydrogen-bond acceptors (Lipinski definition) is 8. The fourth-order valence-electron chi connectivity index (χ4n) is 3.53. The van der Waals surface area contributed by atoms with Crippen LogP contribution in [0.5, 0.6) is 0 Å². The normalized spacial score (nSPS) is 19.7. The molecule has 0 aromatic heterocycles. The maximum absolute atomic E-state index is 13.1. The van der Waals surface area contributed by atoms with Crippen molar-refractivity contribution in [2.45, 2.75) is 75.7 Å². The van der Waals surface area contributed by atoms with E-state index in [0.29, 0.717) is 38.0 Å². The molecule has 1 aliphatic rings. The number of aliphatic hydroxyl groups is 1. The molecule has 3 amide bonds. The maximum atomic E-state index is 13.1. The molecule has 0 radical (unpaired) electrons. The zero-order chi connectivity index (χ0) is 24.3. The van der Waals surface area contributed by atoms with E-state index in [1.165, 1.54) is 23.6 Å². The summed E-state index contributed by atoms with van der Waals surface area (Å²) in [4.78, 5) is 51.0. The highest BCUT2D eigenvalue weighted by Gasteiger charge is 2.40. The minimum atomic E-state index is -1.26. The van der Waals surface area contributed by atoms with Gasteiger partial charge in [-0.3, -0.25) is 14.4 Å². The smallest absolute Gasteiger partial charge is 0.326 e. The molecule has 8 N–H and O–H groups in total. The molecule has 12 heteroatoms. The fourth-order valence-corrected chi connectivity index (χ4v) is 4.00. The van der Waals surface area contributed by atoms with Crippen molar-refractivity contribution in [2.24, 2.45) is 11.5 Å². The number of hydrogen-bond donors (Lipinski definition) is 6. The fraction of sp³-hybridized carbons (Fsp3) is 0.800. The number of thioether (sulfide) groups is 1. The largest absolute Gasteiger partial charge is 0.480 e. The van der Waals surface area contributed by atoms with Crippen LogP contribution in [0.3, 0.4) is 0 Å². The van der Waals surface area contributed by atoms with Gasteiger partial charge < -0.3 is 37.2 Å². The van der Waals surface area contributed by atoms with Crippen LogP contribution in [0.1, 0.15) is 45.4 Å². The molecule has 5 atom stereocenters. The Morgan fingerprint density at radius 2 is 1.88 bits per heavy atom. The first-order valence-corrected chi connectivity index (χ1v) is 12.3. The molecular formula is C20H37N5O6S. The molecule has 1 aliphatic heterocycles. The third kappa shape index (κ3) is 8.57. The van der Waals surface area contributed by atoms with Gasteiger partial charge in [-0.25, -0.2) is 4.79 Å². The van der Waals surface area contributed by atoms with Crippen LogP contribution in [-0.2, 0) is 19.2 Å². The molecule has 184 valence electrons. The minimum absolute atomic E-state index is 0.261. The van der Waals surface area contributed by atoms with E-state index in [1.54, 1.807) is 0 Å². The number of likely N-dealkylation sites (tertiary alicyclic amines) is 1. The number of carbonyl (C=O) groups is 4. The number of carboxylic acid groups (broad SMARTS) is 1. The monoisotopic (exact) mass is 475 g/mol. The SMILES string of the molecule is CSCCC(NC(=O)C1CCCN1C(=O)C(NC(=O)C(N)CCCCN)C(C)O)C(=O)O. The summed E-state index contributed by atoms with van der Waals surface area (Å²) in [6, 6.07) is -4.02. The minimum Gasteiger partial charge on any atom is -0.480 e. The molecule has 0 bridgehead atoms. The van der Waals surface area contributed by atoms with E-state index in [9.17, 15) is 29.4 Å². The van der Waals surface area contributed by atoms with Crippen molar-refractivity contribution in [1.82, 2.24) is 15.5 Å². The number of carboxylic acids is 1. The Balaban J connectivity index is 2.83. The predicted molar refractivity (Wildman–Crippen MR) is 122 cm³/mol. The molecule has 0 aliphatic carbocycles. The first-order chi connectivity index (χ1) is 15.1. The van der Waals surface area contributed by atoms with Crippen molar-refractivity contribution >= 4 is 35.5 Å². The molecule has 32 heavy (non-hydrogen) atoms. The Labute approximate surface area is 193 Å². The van der Waals surface area contributed by atoms with Crippen molar-refractivity contribution < 1.29 is 29.4 Å². The highest BCUT2D eigenvalue weighted by Crippen LogP contribution is 2.20. The highest BCUT2D eigenvalue weighted by atomic mass is 32.2. The third-order valence-electron chi connectivity index (χ3n) is 5.42. The molecule has 1 saturated heterocycles. The number of amides is 3. The summed E-state index contributed by atoms with van der Waals surface area (Å²) in [6.45, 7) is 2.12. The first-order valence-electron chi connectivity index (χ1n) is 10.9. The zero-order valence-electron chi connectivity index (χ0n) is 18.8. The Bertz CT molecular complexity index is 650. The second-order valence-electron chi connectivity index (χ2n) is 7.99. The van der Waals surface area contributed by atoms with Gasteiger partial charge in [-0.05, 0) is 57.6 Å². The Morgan fingerprint density at radius 3 is 2.44 bits per heavy atom. The van der Waals surface area contributed by atoms with Crippen molar-refractivity contribution in [3.63, 3.8) is 0 Å². The van der Waals surface area contributed by atoms with Crippen LogP contribution in [0.25, 0.3) is 0 Å². The van der Waals surface area contributed by atoms with Gasteiger partial charge in [0.2, 0.25) is 17.7 Å². The molecule has 1 heterocycles. The molecule has 1 rings (SSSR count). The number of carbonyl (C=O) groups excluding carboxylic acids is 3. The molecule has 11 nitrogen and oxygen atoms in total. The highest BCUT2D eigenvalue weighted by molar-refractivity contribution is 7.98. The summed E-state index contributed by atoms with van der Waals surface area (Å²) in [6.07, 6.45) is 3.58. The molecule has 0 aromatic carbocycles. The van der Waals surface area contributed by atoms with Gasteiger partial charge in [-0.1, -0.05) is 6.42 Å². The van der Waals surface area contributed by atoms with E-state index in [4.69, 9.17) is 11.5 Å². The summed E-state index contributed by atoms with van der Waals surface area (Å²) in [5.74, 6) is -2.30. The third-order valence-corrected chi connectivity index (χ3v) is 6.06. The molecule has 0 aromatic rings. The summed E-state index contributed by atoms with van der Waals surface area (Å²) in [5, 5.41) is 24.5. The van der Waals surface area contributed by atoms with Crippen molar-refractivity contribution in [1.29, 1.82) is 0 Å². The van der Waals surface area contributed by atoms with Crippen LogP contribution in [0, 0.1) is 0 Å². The summed E-state index contributed by atoms with van der Waals surface area (Å²) in [7, 11) is 0. The molecular weight excluding hydrogens is 438 g/mol. The number of nitrogens with zero attached hydrogens (tertiary/aromatic N) is 1. The summed E-state index contributed by atoms with van der Waals surface area (Å²) >= 11 is 1.47. The first kappa shape index (κ1) is 28.1. The van der Waals surface area contributed by atoms with Gasteiger partial charge in [-0.15, -0.1) is 0 Å². The average Bonchev–Trinajstić information content (AvgIpc) is 3.23. The van der Waals surface area contributed by atoms with Crippen LogP contribution < -0.4 is 22.1 Å². The molecule has 0 saturated carbocycles. The second kappa shape index (κ2) is 14.3. The molecule has 1 fully saturated rings.